The second-order valence-corrected chi connectivity index (χ2v) is 5.49. The van der Waals surface area contributed by atoms with Gasteiger partial charge in [-0.1, -0.05) is 15.9 Å². The molecular weight excluding hydrogens is 298 g/mol. The highest BCUT2D eigenvalue weighted by molar-refractivity contribution is 9.10. The van der Waals surface area contributed by atoms with Gasteiger partial charge < -0.3 is 10.0 Å². The number of aliphatic carboxylic acids is 1. The summed E-state index contributed by atoms with van der Waals surface area (Å²) in [6, 6.07) is 3.87. The standard InChI is InChI=1S/C13H14BrNO3/c1-7-4-11(8(2)3-10(7)14)15-6-9(13(17)18)5-12(15)16/h3-4,9H,5-6H2,1-2H3,(H,17,18)/t9-/m0/s1. The number of hydrogen-bond acceptors (Lipinski definition) is 2. The van der Waals surface area contributed by atoms with Gasteiger partial charge in [-0.05, 0) is 37.1 Å². The van der Waals surface area contributed by atoms with Crippen LogP contribution in [-0.4, -0.2) is 23.5 Å². The Bertz CT molecular complexity index is 527. The van der Waals surface area contributed by atoms with Crippen LogP contribution in [-0.2, 0) is 9.59 Å². The van der Waals surface area contributed by atoms with E-state index in [1.165, 1.54) is 0 Å². The highest BCUT2D eigenvalue weighted by atomic mass is 79.9. The molecule has 5 heteroatoms. The predicted octanol–water partition coefficient (Wildman–Crippen LogP) is 2.50. The summed E-state index contributed by atoms with van der Waals surface area (Å²) in [7, 11) is 0. The molecule has 2 rings (SSSR count). The number of carboxylic acid groups (broad SMARTS) is 1. The molecule has 0 aliphatic carbocycles. The first-order chi connectivity index (χ1) is 8.40. The quantitative estimate of drug-likeness (QED) is 0.913. The van der Waals surface area contributed by atoms with Crippen LogP contribution in [0.4, 0.5) is 5.69 Å². The van der Waals surface area contributed by atoms with Gasteiger partial charge in [-0.3, -0.25) is 9.59 Å². The van der Waals surface area contributed by atoms with Crippen LogP contribution in [0.1, 0.15) is 17.5 Å². The molecule has 4 nitrogen and oxygen atoms in total. The normalized spacial score (nSPS) is 19.4. The average molecular weight is 312 g/mol. The number of anilines is 1. The Morgan fingerprint density at radius 2 is 2.06 bits per heavy atom. The van der Waals surface area contributed by atoms with Crippen LogP contribution in [0.15, 0.2) is 16.6 Å². The van der Waals surface area contributed by atoms with Crippen LogP contribution >= 0.6 is 15.9 Å². The highest BCUT2D eigenvalue weighted by Gasteiger charge is 2.35. The zero-order valence-electron chi connectivity index (χ0n) is 10.2. The van der Waals surface area contributed by atoms with Crippen molar-refractivity contribution in [2.75, 3.05) is 11.4 Å². The minimum atomic E-state index is -0.905. The van der Waals surface area contributed by atoms with Gasteiger partial charge in [-0.15, -0.1) is 0 Å². The van der Waals surface area contributed by atoms with Crippen molar-refractivity contribution in [3.63, 3.8) is 0 Å². The summed E-state index contributed by atoms with van der Waals surface area (Å²) in [5, 5.41) is 8.98. The lowest BCUT2D eigenvalue weighted by Crippen LogP contribution is -2.26. The van der Waals surface area contributed by atoms with Gasteiger partial charge in [0.1, 0.15) is 0 Å². The van der Waals surface area contributed by atoms with E-state index in [0.29, 0.717) is 0 Å². The molecule has 1 amide bonds. The molecule has 0 unspecified atom stereocenters. The van der Waals surface area contributed by atoms with Gasteiger partial charge >= 0.3 is 5.97 Å². The Morgan fingerprint density at radius 3 is 2.61 bits per heavy atom. The summed E-state index contributed by atoms with van der Waals surface area (Å²) in [5.41, 5.74) is 2.80. The van der Waals surface area contributed by atoms with Crippen molar-refractivity contribution in [3.8, 4) is 0 Å². The van der Waals surface area contributed by atoms with E-state index in [1.54, 1.807) is 4.90 Å². The van der Waals surface area contributed by atoms with E-state index in [0.717, 1.165) is 21.3 Å². The van der Waals surface area contributed by atoms with Gasteiger partial charge in [-0.2, -0.15) is 0 Å². The first-order valence-corrected chi connectivity index (χ1v) is 6.49. The summed E-state index contributed by atoms with van der Waals surface area (Å²) in [6.07, 6.45) is 0.0872. The number of carbonyl (C=O) groups is 2. The number of rotatable bonds is 2. The van der Waals surface area contributed by atoms with E-state index in [2.05, 4.69) is 15.9 Å². The number of amides is 1. The van der Waals surface area contributed by atoms with E-state index < -0.39 is 11.9 Å². The molecular formula is C13H14BrNO3. The topological polar surface area (TPSA) is 57.6 Å². The highest BCUT2D eigenvalue weighted by Crippen LogP contribution is 2.31. The molecule has 0 aromatic heterocycles. The maximum Gasteiger partial charge on any atom is 0.308 e. The molecule has 1 N–H and O–H groups in total. The molecule has 0 bridgehead atoms. The van der Waals surface area contributed by atoms with Gasteiger partial charge in [0, 0.05) is 23.1 Å². The van der Waals surface area contributed by atoms with Crippen molar-refractivity contribution in [2.45, 2.75) is 20.3 Å². The zero-order chi connectivity index (χ0) is 13.4. The Kier molecular flexibility index (Phi) is 3.43. The Labute approximate surface area is 114 Å². The molecule has 0 radical (unpaired) electrons. The van der Waals surface area contributed by atoms with Gasteiger partial charge in [0.05, 0.1) is 5.92 Å². The average Bonchev–Trinajstić information content (AvgIpc) is 2.66. The summed E-state index contributed by atoms with van der Waals surface area (Å²) in [5.74, 6) is -1.62. The van der Waals surface area contributed by atoms with Crippen molar-refractivity contribution >= 4 is 33.5 Å². The number of aryl methyl sites for hydroxylation is 2. The summed E-state index contributed by atoms with van der Waals surface area (Å²) >= 11 is 3.44. The van der Waals surface area contributed by atoms with Gasteiger partial charge in [-0.25, -0.2) is 0 Å². The molecule has 96 valence electrons. The van der Waals surface area contributed by atoms with E-state index in [9.17, 15) is 9.59 Å². The maximum absolute atomic E-state index is 11.9. The fraction of sp³-hybridized carbons (Fsp3) is 0.385. The lowest BCUT2D eigenvalue weighted by atomic mass is 10.1. The van der Waals surface area contributed by atoms with Crippen LogP contribution in [0.25, 0.3) is 0 Å². The lowest BCUT2D eigenvalue weighted by Gasteiger charge is -2.20. The van der Waals surface area contributed by atoms with Crippen molar-refractivity contribution in [2.24, 2.45) is 5.92 Å². The molecule has 0 saturated carbocycles. The summed E-state index contributed by atoms with van der Waals surface area (Å²) in [6.45, 7) is 4.12. The number of nitrogens with zero attached hydrogens (tertiary/aromatic N) is 1. The number of carboxylic acids is 1. The predicted molar refractivity (Wildman–Crippen MR) is 71.7 cm³/mol. The molecule has 1 aromatic rings. The van der Waals surface area contributed by atoms with Gasteiger partial charge in [0.15, 0.2) is 0 Å². The summed E-state index contributed by atoms with van der Waals surface area (Å²) in [4.78, 5) is 24.4. The minimum absolute atomic E-state index is 0.0872. The van der Waals surface area contributed by atoms with E-state index in [4.69, 9.17) is 5.11 Å². The molecule has 1 heterocycles. The number of benzene rings is 1. The zero-order valence-corrected chi connectivity index (χ0v) is 11.8. The van der Waals surface area contributed by atoms with E-state index in [1.807, 2.05) is 26.0 Å². The molecule has 1 atom stereocenters. The van der Waals surface area contributed by atoms with Crippen LogP contribution in [0.2, 0.25) is 0 Å². The van der Waals surface area contributed by atoms with Crippen LogP contribution < -0.4 is 4.90 Å². The Morgan fingerprint density at radius 1 is 1.39 bits per heavy atom. The third-order valence-electron chi connectivity index (χ3n) is 3.24. The molecule has 18 heavy (non-hydrogen) atoms. The lowest BCUT2D eigenvalue weighted by molar-refractivity contribution is -0.141. The van der Waals surface area contributed by atoms with Gasteiger partial charge in [0.25, 0.3) is 0 Å². The van der Waals surface area contributed by atoms with Crippen LogP contribution in [0, 0.1) is 19.8 Å². The monoisotopic (exact) mass is 311 g/mol. The molecule has 1 saturated heterocycles. The third kappa shape index (κ3) is 2.27. The number of halogens is 1. The molecule has 1 aliphatic heterocycles. The SMILES string of the molecule is Cc1cc(N2C[C@@H](C(=O)O)CC2=O)c(C)cc1Br. The molecule has 1 aromatic carbocycles. The third-order valence-corrected chi connectivity index (χ3v) is 4.10. The van der Waals surface area contributed by atoms with E-state index in [-0.39, 0.29) is 18.9 Å². The van der Waals surface area contributed by atoms with Crippen molar-refractivity contribution < 1.29 is 14.7 Å². The fourth-order valence-corrected chi connectivity index (χ4v) is 2.62. The first kappa shape index (κ1) is 13.1. The molecule has 1 aliphatic rings. The van der Waals surface area contributed by atoms with Gasteiger partial charge in [0.2, 0.25) is 5.91 Å². The Hall–Kier alpha value is -1.36. The van der Waals surface area contributed by atoms with Crippen molar-refractivity contribution in [1.82, 2.24) is 0 Å². The number of hydrogen-bond donors (Lipinski definition) is 1. The maximum atomic E-state index is 11.9. The smallest absolute Gasteiger partial charge is 0.308 e. The fourth-order valence-electron chi connectivity index (χ4n) is 2.16. The Balaban J connectivity index is 2.35. The van der Waals surface area contributed by atoms with Crippen molar-refractivity contribution in [1.29, 1.82) is 0 Å². The summed E-state index contributed by atoms with van der Waals surface area (Å²) < 4.78 is 0.991. The van der Waals surface area contributed by atoms with E-state index >= 15 is 0 Å². The number of carbonyl (C=O) groups excluding carboxylic acids is 1. The largest absolute Gasteiger partial charge is 0.481 e. The van der Waals surface area contributed by atoms with Crippen molar-refractivity contribution in [3.05, 3.63) is 27.7 Å². The minimum Gasteiger partial charge on any atom is -0.481 e. The van der Waals surface area contributed by atoms with Crippen LogP contribution in [0.3, 0.4) is 0 Å². The second-order valence-electron chi connectivity index (χ2n) is 4.63. The first-order valence-electron chi connectivity index (χ1n) is 5.70. The molecule has 0 spiro atoms. The van der Waals surface area contributed by atoms with Crippen LogP contribution in [0.5, 0.6) is 0 Å². The molecule has 1 fully saturated rings. The second kappa shape index (κ2) is 4.72.